The van der Waals surface area contributed by atoms with Crippen molar-refractivity contribution in [2.45, 2.75) is 32.0 Å². The van der Waals surface area contributed by atoms with Crippen molar-refractivity contribution in [3.8, 4) is 0 Å². The zero-order valence-corrected chi connectivity index (χ0v) is 20.4. The van der Waals surface area contributed by atoms with Crippen molar-refractivity contribution in [2.75, 3.05) is 39.8 Å². The number of benzene rings is 2. The van der Waals surface area contributed by atoms with Crippen molar-refractivity contribution in [1.82, 2.24) is 20.0 Å². The van der Waals surface area contributed by atoms with E-state index < -0.39 is 6.04 Å². The second-order valence-corrected chi connectivity index (χ2v) is 9.75. The molecule has 33 heavy (non-hydrogen) atoms. The third-order valence-corrected chi connectivity index (χ3v) is 6.92. The lowest BCUT2D eigenvalue weighted by Crippen LogP contribution is -2.46. The molecule has 2 aromatic carbocycles. The fourth-order valence-corrected chi connectivity index (χ4v) is 5.08. The molecule has 0 unspecified atom stereocenters. The first kappa shape index (κ1) is 24.0. The number of likely N-dealkylation sites (N-methyl/N-ethyl adjacent to an activating group) is 1. The number of piperazine rings is 1. The Hall–Kier alpha value is -2.12. The van der Waals surface area contributed by atoms with Gasteiger partial charge >= 0.3 is 0 Å². The van der Waals surface area contributed by atoms with Crippen LogP contribution in [0.25, 0.3) is 0 Å². The number of halogens is 2. The maximum absolute atomic E-state index is 13.1. The molecule has 2 saturated heterocycles. The fraction of sp³-hybridized carbons (Fsp3) is 0.440. The van der Waals surface area contributed by atoms with E-state index in [0.29, 0.717) is 35.1 Å². The molecule has 6 nitrogen and oxygen atoms in total. The number of hydrogen-bond acceptors (Lipinski definition) is 4. The van der Waals surface area contributed by atoms with Crippen LogP contribution in [0.15, 0.2) is 42.5 Å². The molecule has 4 rings (SSSR count). The van der Waals surface area contributed by atoms with Gasteiger partial charge in [0.15, 0.2) is 0 Å². The summed E-state index contributed by atoms with van der Waals surface area (Å²) in [7, 11) is 2.15. The van der Waals surface area contributed by atoms with Gasteiger partial charge in [0.05, 0.1) is 0 Å². The predicted molar refractivity (Wildman–Crippen MR) is 132 cm³/mol. The van der Waals surface area contributed by atoms with E-state index in [9.17, 15) is 9.59 Å². The van der Waals surface area contributed by atoms with E-state index in [0.717, 1.165) is 44.7 Å². The summed E-state index contributed by atoms with van der Waals surface area (Å²) in [4.78, 5) is 32.5. The third-order valence-electron chi connectivity index (χ3n) is 6.49. The summed E-state index contributed by atoms with van der Waals surface area (Å²) in [6, 6.07) is 12.5. The number of nitrogens with zero attached hydrogens (tertiary/aromatic N) is 3. The van der Waals surface area contributed by atoms with E-state index >= 15 is 0 Å². The molecular formula is C25H30Cl2N4O2. The van der Waals surface area contributed by atoms with E-state index in [2.05, 4.69) is 34.3 Å². The summed E-state index contributed by atoms with van der Waals surface area (Å²) < 4.78 is 0. The molecule has 176 valence electrons. The number of likely N-dealkylation sites (tertiary alicyclic amines) is 1. The molecule has 2 heterocycles. The quantitative estimate of drug-likeness (QED) is 0.673. The first-order valence-corrected chi connectivity index (χ1v) is 12.2. The maximum atomic E-state index is 13.1. The van der Waals surface area contributed by atoms with Gasteiger partial charge in [-0.1, -0.05) is 47.5 Å². The molecule has 2 fully saturated rings. The minimum absolute atomic E-state index is 0.122. The van der Waals surface area contributed by atoms with Crippen LogP contribution in [0, 0.1) is 0 Å². The Morgan fingerprint density at radius 2 is 1.64 bits per heavy atom. The minimum Gasteiger partial charge on any atom is -0.350 e. The van der Waals surface area contributed by atoms with Gasteiger partial charge in [-0.25, -0.2) is 0 Å². The second-order valence-electron chi connectivity index (χ2n) is 8.88. The fourth-order valence-electron chi connectivity index (χ4n) is 4.56. The Morgan fingerprint density at radius 3 is 2.33 bits per heavy atom. The minimum atomic E-state index is -0.486. The molecule has 0 spiro atoms. The molecule has 1 atom stereocenters. The molecule has 2 aliphatic heterocycles. The van der Waals surface area contributed by atoms with Crippen LogP contribution >= 0.6 is 23.2 Å². The average molecular weight is 489 g/mol. The molecule has 0 aromatic heterocycles. The summed E-state index contributed by atoms with van der Waals surface area (Å²) in [5.41, 5.74) is 2.75. The lowest BCUT2D eigenvalue weighted by molar-refractivity contribution is -0.125. The van der Waals surface area contributed by atoms with Crippen LogP contribution in [-0.4, -0.2) is 72.3 Å². The van der Waals surface area contributed by atoms with Crippen molar-refractivity contribution in [3.05, 3.63) is 69.2 Å². The number of carbonyl (C=O) groups excluding carboxylic acids is 2. The monoisotopic (exact) mass is 488 g/mol. The lowest BCUT2D eigenvalue weighted by Gasteiger charge is -2.32. The van der Waals surface area contributed by atoms with Gasteiger partial charge in [0.2, 0.25) is 5.91 Å². The molecule has 2 aliphatic rings. The Bertz CT molecular complexity index is 987. The van der Waals surface area contributed by atoms with Gasteiger partial charge in [-0.2, -0.15) is 0 Å². The van der Waals surface area contributed by atoms with Crippen molar-refractivity contribution >= 4 is 35.0 Å². The first-order chi connectivity index (χ1) is 15.9. The lowest BCUT2D eigenvalue weighted by atomic mass is 10.1. The van der Waals surface area contributed by atoms with E-state index in [1.807, 2.05) is 12.1 Å². The van der Waals surface area contributed by atoms with Crippen LogP contribution in [0.5, 0.6) is 0 Å². The first-order valence-electron chi connectivity index (χ1n) is 11.4. The normalized spacial score (nSPS) is 19.6. The summed E-state index contributed by atoms with van der Waals surface area (Å²) in [6.45, 7) is 6.10. The third kappa shape index (κ3) is 6.07. The van der Waals surface area contributed by atoms with Crippen molar-refractivity contribution in [1.29, 1.82) is 0 Å². The van der Waals surface area contributed by atoms with Gasteiger partial charge in [-0.15, -0.1) is 0 Å². The van der Waals surface area contributed by atoms with Crippen molar-refractivity contribution < 1.29 is 9.59 Å². The number of hydrogen-bond donors (Lipinski definition) is 1. The second kappa shape index (κ2) is 10.9. The van der Waals surface area contributed by atoms with Crippen LogP contribution in [-0.2, 0) is 17.9 Å². The van der Waals surface area contributed by atoms with Crippen LogP contribution < -0.4 is 5.32 Å². The highest BCUT2D eigenvalue weighted by molar-refractivity contribution is 6.35. The smallest absolute Gasteiger partial charge is 0.254 e. The van der Waals surface area contributed by atoms with Crippen LogP contribution in [0.1, 0.15) is 34.3 Å². The molecule has 0 saturated carbocycles. The Morgan fingerprint density at radius 1 is 0.970 bits per heavy atom. The van der Waals surface area contributed by atoms with Gasteiger partial charge in [0.1, 0.15) is 6.04 Å². The summed E-state index contributed by atoms with van der Waals surface area (Å²) in [6.07, 6.45) is 1.44. The highest BCUT2D eigenvalue weighted by atomic mass is 35.5. The highest BCUT2D eigenvalue weighted by Gasteiger charge is 2.34. The Balaban J connectivity index is 1.39. The van der Waals surface area contributed by atoms with Crippen molar-refractivity contribution in [2.24, 2.45) is 0 Å². The van der Waals surface area contributed by atoms with E-state index in [1.165, 1.54) is 5.56 Å². The predicted octanol–water partition coefficient (Wildman–Crippen LogP) is 3.66. The summed E-state index contributed by atoms with van der Waals surface area (Å²) in [5, 5.41) is 3.88. The van der Waals surface area contributed by atoms with Crippen LogP contribution in [0.3, 0.4) is 0 Å². The standard InChI is InChI=1S/C25H30Cl2N4O2/c1-29-9-11-30(12-10-29)17-19-6-3-2-5-18(19)16-28-24(32)23-7-4-8-31(23)25(33)20-13-21(26)15-22(27)14-20/h2-3,5-6,13-15,23H,4,7-12,16-17H2,1H3,(H,28,32)/t23-/m1/s1. The Kier molecular flexibility index (Phi) is 7.91. The molecule has 1 N–H and O–H groups in total. The SMILES string of the molecule is CN1CCN(Cc2ccccc2CNC(=O)[C@H]2CCCN2C(=O)c2cc(Cl)cc(Cl)c2)CC1. The Labute approximate surface area is 205 Å². The maximum Gasteiger partial charge on any atom is 0.254 e. The summed E-state index contributed by atoms with van der Waals surface area (Å²) >= 11 is 12.1. The van der Waals surface area contributed by atoms with Gasteiger partial charge in [-0.3, -0.25) is 14.5 Å². The van der Waals surface area contributed by atoms with E-state index in [-0.39, 0.29) is 11.8 Å². The number of amides is 2. The molecule has 0 aliphatic carbocycles. The zero-order valence-electron chi connectivity index (χ0n) is 18.9. The largest absolute Gasteiger partial charge is 0.350 e. The topological polar surface area (TPSA) is 55.9 Å². The van der Waals surface area contributed by atoms with Crippen LogP contribution in [0.4, 0.5) is 0 Å². The molecule has 0 bridgehead atoms. The van der Waals surface area contributed by atoms with Gasteiger partial charge < -0.3 is 15.1 Å². The molecule has 8 heteroatoms. The molecule has 0 radical (unpaired) electrons. The van der Waals surface area contributed by atoms with Gasteiger partial charge in [0, 0.05) is 61.4 Å². The molecular weight excluding hydrogens is 459 g/mol. The van der Waals surface area contributed by atoms with Gasteiger partial charge in [-0.05, 0) is 49.2 Å². The van der Waals surface area contributed by atoms with E-state index in [1.54, 1.807) is 23.1 Å². The molecule has 2 amide bonds. The zero-order chi connectivity index (χ0) is 23.4. The molecule has 2 aromatic rings. The van der Waals surface area contributed by atoms with Crippen LogP contribution in [0.2, 0.25) is 10.0 Å². The van der Waals surface area contributed by atoms with Crippen molar-refractivity contribution in [3.63, 3.8) is 0 Å². The number of carbonyl (C=O) groups is 2. The van der Waals surface area contributed by atoms with E-state index in [4.69, 9.17) is 23.2 Å². The number of rotatable bonds is 6. The van der Waals surface area contributed by atoms with Gasteiger partial charge in [0.25, 0.3) is 5.91 Å². The average Bonchev–Trinajstić information content (AvgIpc) is 3.29. The highest BCUT2D eigenvalue weighted by Crippen LogP contribution is 2.25. The number of nitrogens with one attached hydrogen (secondary N) is 1. The summed E-state index contributed by atoms with van der Waals surface area (Å²) in [5.74, 6) is -0.337.